The van der Waals surface area contributed by atoms with Gasteiger partial charge in [-0.25, -0.2) is 4.98 Å². The molecule has 1 heterocycles. The molecule has 0 spiro atoms. The van der Waals surface area contributed by atoms with Crippen molar-refractivity contribution in [2.45, 2.75) is 26.7 Å². The molecule has 0 radical (unpaired) electrons. The van der Waals surface area contributed by atoms with E-state index in [1.54, 1.807) is 24.3 Å². The molecule has 3 N–H and O–H groups in total. The van der Waals surface area contributed by atoms with Crippen molar-refractivity contribution < 1.29 is 23.8 Å². The molecular formula is C23H24N2O5. The van der Waals surface area contributed by atoms with Crippen LogP contribution in [0.5, 0.6) is 5.75 Å². The molecule has 3 aromatic rings. The number of carboxylic acids is 1. The Bertz CT molecular complexity index is 1010. The van der Waals surface area contributed by atoms with Crippen molar-refractivity contribution in [3.8, 4) is 17.2 Å². The number of primary amides is 1. The number of aryl methyl sites for hydroxylation is 1. The normalized spacial score (nSPS) is 12.9. The molecule has 1 unspecified atom stereocenters. The molecule has 1 atom stereocenters. The van der Waals surface area contributed by atoms with E-state index in [0.29, 0.717) is 30.2 Å². The van der Waals surface area contributed by atoms with Crippen LogP contribution in [-0.4, -0.2) is 28.6 Å². The van der Waals surface area contributed by atoms with Gasteiger partial charge in [-0.2, -0.15) is 0 Å². The Morgan fingerprint density at radius 2 is 1.80 bits per heavy atom. The molecule has 3 rings (SSSR count). The SMILES string of the molecule is Cc1oc(-c2ccccc2)nc1CCOc1ccc(CC(C)(C(N)=O)C(=O)O)cc1. The van der Waals surface area contributed by atoms with Gasteiger partial charge in [-0.15, -0.1) is 0 Å². The molecule has 156 valence electrons. The van der Waals surface area contributed by atoms with Crippen LogP contribution in [0.4, 0.5) is 0 Å². The molecule has 0 aliphatic carbocycles. The number of oxazole rings is 1. The first kappa shape index (κ1) is 21.1. The number of ether oxygens (including phenoxy) is 1. The highest BCUT2D eigenvalue weighted by Crippen LogP contribution is 2.25. The highest BCUT2D eigenvalue weighted by Gasteiger charge is 2.39. The third-order valence-corrected chi connectivity index (χ3v) is 5.02. The number of nitrogens with zero attached hydrogens (tertiary/aromatic N) is 1. The second-order valence-electron chi connectivity index (χ2n) is 7.31. The van der Waals surface area contributed by atoms with Gasteiger partial charge in [-0.1, -0.05) is 30.3 Å². The molecule has 2 aromatic carbocycles. The van der Waals surface area contributed by atoms with Gasteiger partial charge >= 0.3 is 5.97 Å². The van der Waals surface area contributed by atoms with Crippen LogP contribution in [0.25, 0.3) is 11.5 Å². The van der Waals surface area contributed by atoms with Crippen molar-refractivity contribution in [3.05, 3.63) is 71.6 Å². The predicted molar refractivity (Wildman–Crippen MR) is 111 cm³/mol. The molecule has 0 aliphatic rings. The van der Waals surface area contributed by atoms with E-state index in [4.69, 9.17) is 14.9 Å². The van der Waals surface area contributed by atoms with Gasteiger partial charge in [-0.3, -0.25) is 9.59 Å². The first-order valence-electron chi connectivity index (χ1n) is 9.56. The lowest BCUT2D eigenvalue weighted by atomic mass is 9.83. The maximum atomic E-state index is 11.5. The summed E-state index contributed by atoms with van der Waals surface area (Å²) in [5.41, 5.74) is 6.06. The summed E-state index contributed by atoms with van der Waals surface area (Å²) in [5.74, 6) is -0.128. The molecule has 0 bridgehead atoms. The lowest BCUT2D eigenvalue weighted by molar-refractivity contribution is -0.153. The molecular weight excluding hydrogens is 384 g/mol. The topological polar surface area (TPSA) is 116 Å². The fourth-order valence-corrected chi connectivity index (χ4v) is 3.01. The monoisotopic (exact) mass is 408 g/mol. The fourth-order valence-electron chi connectivity index (χ4n) is 3.01. The van der Waals surface area contributed by atoms with E-state index in [0.717, 1.165) is 17.0 Å². The standard InChI is InChI=1S/C23H24N2O5/c1-15-19(25-20(30-15)17-6-4-3-5-7-17)12-13-29-18-10-8-16(9-11-18)14-23(2,21(24)26)22(27)28/h3-11H,12-14H2,1-2H3,(H2,24,26)(H,27,28). The first-order chi connectivity index (χ1) is 14.3. The number of amides is 1. The summed E-state index contributed by atoms with van der Waals surface area (Å²) in [5, 5.41) is 9.30. The van der Waals surface area contributed by atoms with Gasteiger partial charge < -0.3 is 20.0 Å². The summed E-state index contributed by atoms with van der Waals surface area (Å²) in [7, 11) is 0. The van der Waals surface area contributed by atoms with Crippen molar-refractivity contribution in [2.75, 3.05) is 6.61 Å². The molecule has 0 aliphatic heterocycles. The third-order valence-electron chi connectivity index (χ3n) is 5.02. The number of aliphatic carboxylic acids is 1. The highest BCUT2D eigenvalue weighted by molar-refractivity contribution is 6.00. The molecule has 7 nitrogen and oxygen atoms in total. The Morgan fingerprint density at radius 1 is 1.13 bits per heavy atom. The van der Waals surface area contributed by atoms with Crippen molar-refractivity contribution >= 4 is 11.9 Å². The maximum Gasteiger partial charge on any atom is 0.319 e. The minimum absolute atomic E-state index is 0.0122. The van der Waals surface area contributed by atoms with E-state index >= 15 is 0 Å². The minimum atomic E-state index is -1.65. The zero-order chi connectivity index (χ0) is 21.7. The third kappa shape index (κ3) is 4.68. The van der Waals surface area contributed by atoms with Crippen LogP contribution in [0.15, 0.2) is 59.0 Å². The van der Waals surface area contributed by atoms with Gasteiger partial charge in [0.15, 0.2) is 0 Å². The Labute approximate surface area is 174 Å². The summed E-state index contributed by atoms with van der Waals surface area (Å²) in [4.78, 5) is 27.5. The molecule has 1 amide bonds. The van der Waals surface area contributed by atoms with E-state index in [1.165, 1.54) is 6.92 Å². The lowest BCUT2D eigenvalue weighted by Crippen LogP contribution is -2.43. The smallest absolute Gasteiger partial charge is 0.319 e. The fraction of sp³-hybridized carbons (Fsp3) is 0.261. The Morgan fingerprint density at radius 3 is 2.40 bits per heavy atom. The zero-order valence-corrected chi connectivity index (χ0v) is 16.9. The summed E-state index contributed by atoms with van der Waals surface area (Å²) >= 11 is 0. The first-order valence-corrected chi connectivity index (χ1v) is 9.56. The number of hydrogen-bond acceptors (Lipinski definition) is 5. The summed E-state index contributed by atoms with van der Waals surface area (Å²) in [6.45, 7) is 3.61. The average molecular weight is 408 g/mol. The molecule has 0 fully saturated rings. The van der Waals surface area contributed by atoms with E-state index in [-0.39, 0.29) is 6.42 Å². The highest BCUT2D eigenvalue weighted by atomic mass is 16.5. The number of carbonyl (C=O) groups is 2. The molecule has 30 heavy (non-hydrogen) atoms. The van der Waals surface area contributed by atoms with Gasteiger partial charge in [0, 0.05) is 12.0 Å². The van der Waals surface area contributed by atoms with Crippen LogP contribution < -0.4 is 10.5 Å². The molecule has 0 saturated heterocycles. The Kier molecular flexibility index (Phi) is 6.20. The Hall–Kier alpha value is -3.61. The van der Waals surface area contributed by atoms with Crippen LogP contribution in [-0.2, 0) is 22.4 Å². The molecule has 7 heteroatoms. The number of carboxylic acid groups (broad SMARTS) is 1. The minimum Gasteiger partial charge on any atom is -0.493 e. The molecule has 0 saturated carbocycles. The van der Waals surface area contributed by atoms with Gasteiger partial charge in [0.25, 0.3) is 0 Å². The van der Waals surface area contributed by atoms with Gasteiger partial charge in [0.2, 0.25) is 11.8 Å². The number of aromatic nitrogens is 1. The van der Waals surface area contributed by atoms with Crippen LogP contribution in [0, 0.1) is 12.3 Å². The van der Waals surface area contributed by atoms with Gasteiger partial charge in [-0.05, 0) is 50.1 Å². The lowest BCUT2D eigenvalue weighted by Gasteiger charge is -2.20. The zero-order valence-electron chi connectivity index (χ0n) is 16.9. The second-order valence-corrected chi connectivity index (χ2v) is 7.31. The van der Waals surface area contributed by atoms with E-state index in [9.17, 15) is 14.7 Å². The van der Waals surface area contributed by atoms with E-state index in [2.05, 4.69) is 4.98 Å². The van der Waals surface area contributed by atoms with E-state index < -0.39 is 17.3 Å². The summed E-state index contributed by atoms with van der Waals surface area (Å²) in [6.07, 6.45) is 0.598. The van der Waals surface area contributed by atoms with Gasteiger partial charge in [0.1, 0.15) is 16.9 Å². The summed E-state index contributed by atoms with van der Waals surface area (Å²) in [6, 6.07) is 16.6. The van der Waals surface area contributed by atoms with Crippen LogP contribution in [0.1, 0.15) is 23.9 Å². The predicted octanol–water partition coefficient (Wildman–Crippen LogP) is 3.39. The van der Waals surface area contributed by atoms with E-state index in [1.807, 2.05) is 37.3 Å². The average Bonchev–Trinajstić information content (AvgIpc) is 3.10. The van der Waals surface area contributed by atoms with Gasteiger partial charge in [0.05, 0.1) is 12.3 Å². The van der Waals surface area contributed by atoms with Crippen molar-refractivity contribution in [2.24, 2.45) is 11.1 Å². The maximum absolute atomic E-state index is 11.5. The van der Waals surface area contributed by atoms with Crippen molar-refractivity contribution in [1.82, 2.24) is 4.98 Å². The number of benzene rings is 2. The number of nitrogens with two attached hydrogens (primary N) is 1. The van der Waals surface area contributed by atoms with Crippen LogP contribution >= 0.6 is 0 Å². The summed E-state index contributed by atoms with van der Waals surface area (Å²) < 4.78 is 11.5. The second kappa shape index (κ2) is 8.82. The van der Waals surface area contributed by atoms with Crippen LogP contribution in [0.3, 0.4) is 0 Å². The van der Waals surface area contributed by atoms with Crippen molar-refractivity contribution in [1.29, 1.82) is 0 Å². The quantitative estimate of drug-likeness (QED) is 0.524. The number of hydrogen-bond donors (Lipinski definition) is 2. The largest absolute Gasteiger partial charge is 0.493 e. The molecule has 1 aromatic heterocycles. The van der Waals surface area contributed by atoms with Crippen molar-refractivity contribution in [3.63, 3.8) is 0 Å². The number of rotatable bonds is 9. The van der Waals surface area contributed by atoms with Crippen LogP contribution in [0.2, 0.25) is 0 Å². The Balaban J connectivity index is 1.58. The number of carbonyl (C=O) groups excluding carboxylic acids is 1.